The van der Waals surface area contributed by atoms with Crippen LogP contribution < -0.4 is 9.46 Å². The SMILES string of the molecule is C=C(C)c1cc(OC)c([C@H](N[S@@](=O)C(C)(C)C)C2CCN(C(=O)[C@H]3COC(C)(C)O3)CC2)cc1Cl. The van der Waals surface area contributed by atoms with E-state index < -0.39 is 27.6 Å². The number of likely N-dealkylation sites (tertiary alicyclic amines) is 1. The average Bonchev–Trinajstić information content (AvgIpc) is 3.15. The van der Waals surface area contributed by atoms with Crippen molar-refractivity contribution in [3.63, 3.8) is 0 Å². The van der Waals surface area contributed by atoms with E-state index in [9.17, 15) is 9.00 Å². The molecular formula is C26H39ClN2O5S. The summed E-state index contributed by atoms with van der Waals surface area (Å²) in [6, 6.07) is 3.53. The van der Waals surface area contributed by atoms with Gasteiger partial charge in [0, 0.05) is 23.7 Å². The molecule has 35 heavy (non-hydrogen) atoms. The Balaban J connectivity index is 1.84. The summed E-state index contributed by atoms with van der Waals surface area (Å²) >= 11 is 6.62. The third-order valence-electron chi connectivity index (χ3n) is 6.51. The first kappa shape index (κ1) is 28.1. The summed E-state index contributed by atoms with van der Waals surface area (Å²) in [5, 5.41) is 0.579. The molecule has 0 unspecified atom stereocenters. The predicted molar refractivity (Wildman–Crippen MR) is 141 cm³/mol. The van der Waals surface area contributed by atoms with Crippen LogP contribution in [0, 0.1) is 5.92 Å². The maximum Gasteiger partial charge on any atom is 0.254 e. The van der Waals surface area contributed by atoms with E-state index in [1.165, 1.54) is 0 Å². The molecule has 0 aromatic heterocycles. The van der Waals surface area contributed by atoms with Gasteiger partial charge in [-0.2, -0.15) is 0 Å². The smallest absolute Gasteiger partial charge is 0.254 e. The third-order valence-corrected chi connectivity index (χ3v) is 8.40. The molecule has 2 saturated heterocycles. The van der Waals surface area contributed by atoms with Crippen LogP contribution in [0.2, 0.25) is 5.02 Å². The summed E-state index contributed by atoms with van der Waals surface area (Å²) in [6.07, 6.45) is 0.910. The van der Waals surface area contributed by atoms with E-state index in [0.717, 1.165) is 29.5 Å². The molecule has 1 aromatic rings. The standard InChI is InChI=1S/C26H39ClN2O5S/c1-16(2)18-14-21(32-8)19(13-20(18)27)23(28-35(31)25(3,4)5)17-9-11-29(12-10-17)24(30)22-15-33-26(6,7)34-22/h13-14,17,22-23,28H,1,9-12,15H2,2-8H3/t22-,23-,35+/m1/s1. The first-order chi connectivity index (χ1) is 16.2. The van der Waals surface area contributed by atoms with Gasteiger partial charge in [0.2, 0.25) is 0 Å². The Morgan fingerprint density at radius 1 is 1.31 bits per heavy atom. The van der Waals surface area contributed by atoms with Crippen molar-refractivity contribution in [2.45, 2.75) is 77.1 Å². The first-order valence-electron chi connectivity index (χ1n) is 12.1. The Bertz CT molecular complexity index is 983. The number of carbonyl (C=O) groups excluding carboxylic acids is 1. The van der Waals surface area contributed by atoms with Crippen molar-refractivity contribution >= 4 is 34.1 Å². The Morgan fingerprint density at radius 2 is 1.94 bits per heavy atom. The van der Waals surface area contributed by atoms with Crippen LogP contribution in [0.1, 0.15) is 71.6 Å². The molecule has 0 bridgehead atoms. The van der Waals surface area contributed by atoms with Gasteiger partial charge < -0.3 is 19.1 Å². The molecule has 0 spiro atoms. The lowest BCUT2D eigenvalue weighted by Crippen LogP contribution is -2.47. The lowest BCUT2D eigenvalue weighted by atomic mass is 9.85. The van der Waals surface area contributed by atoms with Crippen LogP contribution >= 0.6 is 11.6 Å². The highest BCUT2D eigenvalue weighted by Crippen LogP contribution is 2.40. The number of hydrogen-bond acceptors (Lipinski definition) is 5. The molecular weight excluding hydrogens is 488 g/mol. The molecule has 2 fully saturated rings. The van der Waals surface area contributed by atoms with Crippen LogP contribution in [0.25, 0.3) is 5.57 Å². The minimum Gasteiger partial charge on any atom is -0.496 e. The number of amides is 1. The van der Waals surface area contributed by atoms with Gasteiger partial charge in [0.1, 0.15) is 5.75 Å². The first-order valence-corrected chi connectivity index (χ1v) is 13.6. The van der Waals surface area contributed by atoms with Crippen molar-refractivity contribution in [3.8, 4) is 5.75 Å². The molecule has 7 nitrogen and oxygen atoms in total. The second-order valence-electron chi connectivity index (χ2n) is 10.8. The van der Waals surface area contributed by atoms with Gasteiger partial charge in [-0.05, 0) is 83.6 Å². The normalized spacial score (nSPS) is 22.6. The summed E-state index contributed by atoms with van der Waals surface area (Å²) in [5.41, 5.74) is 2.53. The van der Waals surface area contributed by atoms with E-state index in [-0.39, 0.29) is 24.5 Å². The van der Waals surface area contributed by atoms with E-state index in [4.69, 9.17) is 25.8 Å². The van der Waals surface area contributed by atoms with Gasteiger partial charge in [-0.3, -0.25) is 4.79 Å². The number of methoxy groups -OCH3 is 1. The highest BCUT2D eigenvalue weighted by atomic mass is 35.5. The van der Waals surface area contributed by atoms with Gasteiger partial charge in [-0.1, -0.05) is 18.2 Å². The fraction of sp³-hybridized carbons (Fsp3) is 0.654. The van der Waals surface area contributed by atoms with Crippen LogP contribution in [0.4, 0.5) is 0 Å². The number of allylic oxidation sites excluding steroid dienone is 1. The predicted octanol–water partition coefficient (Wildman–Crippen LogP) is 4.86. The zero-order valence-electron chi connectivity index (χ0n) is 21.9. The largest absolute Gasteiger partial charge is 0.496 e. The molecule has 2 aliphatic rings. The Hall–Kier alpha value is -1.45. The number of hydrogen-bond donors (Lipinski definition) is 1. The summed E-state index contributed by atoms with van der Waals surface area (Å²) in [7, 11) is 0.312. The fourth-order valence-electron chi connectivity index (χ4n) is 4.49. The Morgan fingerprint density at radius 3 is 2.43 bits per heavy atom. The van der Waals surface area contributed by atoms with Crippen molar-refractivity contribution in [2.24, 2.45) is 5.92 Å². The van der Waals surface area contributed by atoms with E-state index >= 15 is 0 Å². The monoisotopic (exact) mass is 526 g/mol. The summed E-state index contributed by atoms with van der Waals surface area (Å²) in [4.78, 5) is 14.8. The number of benzene rings is 1. The minimum atomic E-state index is -1.31. The number of nitrogens with zero attached hydrogens (tertiary/aromatic N) is 1. The van der Waals surface area contributed by atoms with Gasteiger partial charge in [0.25, 0.3) is 5.91 Å². The molecule has 3 rings (SSSR count). The lowest BCUT2D eigenvalue weighted by molar-refractivity contribution is -0.161. The van der Waals surface area contributed by atoms with Gasteiger partial charge in [-0.25, -0.2) is 8.93 Å². The van der Waals surface area contributed by atoms with Crippen molar-refractivity contribution in [2.75, 3.05) is 26.8 Å². The van der Waals surface area contributed by atoms with Crippen molar-refractivity contribution in [1.29, 1.82) is 0 Å². The summed E-state index contributed by atoms with van der Waals surface area (Å²) in [5.74, 6) is 0.0238. The molecule has 1 aromatic carbocycles. The number of halogens is 1. The summed E-state index contributed by atoms with van der Waals surface area (Å²) < 4.78 is 33.2. The van der Waals surface area contributed by atoms with Crippen molar-refractivity contribution in [1.82, 2.24) is 9.62 Å². The van der Waals surface area contributed by atoms with Crippen LogP contribution in [0.5, 0.6) is 5.75 Å². The van der Waals surface area contributed by atoms with Crippen LogP contribution in [-0.4, -0.2) is 58.5 Å². The van der Waals surface area contributed by atoms with Crippen LogP contribution in [-0.2, 0) is 25.3 Å². The second-order valence-corrected chi connectivity index (χ2v) is 13.2. The molecule has 9 heteroatoms. The van der Waals surface area contributed by atoms with E-state index in [1.807, 2.05) is 58.6 Å². The second kappa shape index (κ2) is 10.9. The molecule has 2 heterocycles. The molecule has 1 amide bonds. The van der Waals surface area contributed by atoms with E-state index in [2.05, 4.69) is 11.3 Å². The van der Waals surface area contributed by atoms with E-state index in [1.54, 1.807) is 7.11 Å². The van der Waals surface area contributed by atoms with Crippen molar-refractivity contribution in [3.05, 3.63) is 34.9 Å². The molecule has 196 valence electrons. The van der Waals surface area contributed by atoms with Crippen LogP contribution in [0.3, 0.4) is 0 Å². The molecule has 0 radical (unpaired) electrons. The maximum atomic E-state index is 13.2. The molecule has 3 atom stereocenters. The number of rotatable bonds is 7. The highest BCUT2D eigenvalue weighted by Gasteiger charge is 2.41. The Labute approximate surface area is 217 Å². The minimum absolute atomic E-state index is 0.0387. The molecule has 1 N–H and O–H groups in total. The average molecular weight is 527 g/mol. The third kappa shape index (κ3) is 6.66. The number of ether oxygens (including phenoxy) is 3. The van der Waals surface area contributed by atoms with Gasteiger partial charge in [-0.15, -0.1) is 0 Å². The summed E-state index contributed by atoms with van der Waals surface area (Å²) in [6.45, 7) is 16.8. The van der Waals surface area contributed by atoms with Gasteiger partial charge >= 0.3 is 0 Å². The van der Waals surface area contributed by atoms with E-state index in [0.29, 0.717) is 23.9 Å². The quantitative estimate of drug-likeness (QED) is 0.548. The number of piperidine rings is 1. The van der Waals surface area contributed by atoms with Crippen LogP contribution in [0.15, 0.2) is 18.7 Å². The molecule has 0 saturated carbocycles. The number of nitrogens with one attached hydrogen (secondary N) is 1. The zero-order chi connectivity index (χ0) is 26.1. The Kier molecular flexibility index (Phi) is 8.75. The topological polar surface area (TPSA) is 77.1 Å². The fourth-order valence-corrected chi connectivity index (χ4v) is 5.72. The zero-order valence-corrected chi connectivity index (χ0v) is 23.5. The molecule has 2 aliphatic heterocycles. The molecule has 0 aliphatic carbocycles. The van der Waals surface area contributed by atoms with Gasteiger partial charge in [0.15, 0.2) is 11.9 Å². The highest BCUT2D eigenvalue weighted by molar-refractivity contribution is 7.84. The van der Waals surface area contributed by atoms with Crippen molar-refractivity contribution < 1.29 is 23.2 Å². The van der Waals surface area contributed by atoms with Gasteiger partial charge in [0.05, 0.1) is 35.5 Å². The lowest BCUT2D eigenvalue weighted by Gasteiger charge is -2.38. The maximum absolute atomic E-state index is 13.2. The number of carbonyl (C=O) groups is 1.